The van der Waals surface area contributed by atoms with Crippen LogP contribution in [-0.2, 0) is 5.41 Å². The number of hydrogen-bond donors (Lipinski definition) is 0. The van der Waals surface area contributed by atoms with Crippen LogP contribution in [0.2, 0.25) is 58.9 Å². The largest absolute Gasteiger partial charge is 0.361 e. The highest BCUT2D eigenvalue weighted by Gasteiger charge is 2.28. The lowest BCUT2D eigenvalue weighted by Crippen LogP contribution is -2.19. The van der Waals surface area contributed by atoms with E-state index in [2.05, 4.69) is 157 Å². The number of benzene rings is 2. The van der Waals surface area contributed by atoms with Crippen LogP contribution in [0.4, 0.5) is 0 Å². The minimum Gasteiger partial charge on any atom is -0.361 e. The van der Waals surface area contributed by atoms with Crippen LogP contribution in [0.1, 0.15) is 65.3 Å². The third-order valence-electron chi connectivity index (χ3n) is 5.84. The maximum absolute atomic E-state index is 10.6. The molecule has 0 saturated carbocycles. The molecular formula is C34H46N2Si3. The fourth-order valence-electron chi connectivity index (χ4n) is 3.93. The fraction of sp³-hybridized carbons (Fsp3) is 0.441. The second-order valence-corrected chi connectivity index (χ2v) is 28.9. The summed E-state index contributed by atoms with van der Waals surface area (Å²) < 4.78 is 0. The van der Waals surface area contributed by atoms with Gasteiger partial charge in [0, 0.05) is 16.7 Å². The Morgan fingerprint density at radius 2 is 1.03 bits per heavy atom. The van der Waals surface area contributed by atoms with E-state index in [0.29, 0.717) is 5.71 Å². The molecule has 0 aliphatic rings. The number of hydrogen-bond acceptors (Lipinski definition) is 0. The van der Waals surface area contributed by atoms with Crippen molar-refractivity contribution in [1.29, 1.82) is 0 Å². The van der Waals surface area contributed by atoms with E-state index in [1.807, 2.05) is 0 Å². The van der Waals surface area contributed by atoms with Gasteiger partial charge >= 0.3 is 5.71 Å². The Hall–Kier alpha value is -2.85. The first-order valence-electron chi connectivity index (χ1n) is 13.7. The molecule has 39 heavy (non-hydrogen) atoms. The van der Waals surface area contributed by atoms with E-state index >= 15 is 0 Å². The van der Waals surface area contributed by atoms with Crippen molar-refractivity contribution in [1.82, 2.24) is 0 Å². The van der Waals surface area contributed by atoms with Crippen LogP contribution >= 0.6 is 0 Å². The number of rotatable bonds is 2. The molecule has 0 radical (unpaired) electrons. The summed E-state index contributed by atoms with van der Waals surface area (Å²) in [5.41, 5.74) is 29.4. The average molecular weight is 567 g/mol. The molecule has 2 nitrogen and oxygen atoms in total. The number of nitrogens with zero attached hydrogens (tertiary/aromatic N) is 2. The Balaban J connectivity index is 3.09. The molecular weight excluding hydrogens is 521 g/mol. The highest BCUT2D eigenvalue weighted by Crippen LogP contribution is 2.30. The van der Waals surface area contributed by atoms with E-state index in [0.717, 1.165) is 38.9 Å². The first-order chi connectivity index (χ1) is 17.6. The van der Waals surface area contributed by atoms with Gasteiger partial charge in [-0.1, -0.05) is 110 Å². The zero-order chi connectivity index (χ0) is 30.0. The van der Waals surface area contributed by atoms with Gasteiger partial charge in [-0.2, -0.15) is 4.79 Å². The third-order valence-corrected chi connectivity index (χ3v) is 8.46. The Kier molecular flexibility index (Phi) is 9.72. The molecule has 0 bridgehead atoms. The first-order valence-corrected chi connectivity index (χ1v) is 24.2. The van der Waals surface area contributed by atoms with Crippen LogP contribution in [0.5, 0.6) is 0 Å². The van der Waals surface area contributed by atoms with Crippen molar-refractivity contribution < 1.29 is 4.79 Å². The predicted molar refractivity (Wildman–Crippen MR) is 179 cm³/mol. The smallest absolute Gasteiger partial charge is 0.332 e. The molecule has 204 valence electrons. The second kappa shape index (κ2) is 11.7. The average Bonchev–Trinajstić information content (AvgIpc) is 2.75. The van der Waals surface area contributed by atoms with Crippen molar-refractivity contribution in [2.75, 3.05) is 0 Å². The van der Waals surface area contributed by atoms with Gasteiger partial charge in [-0.05, 0) is 48.1 Å². The standard InChI is InChI=1S/C34H46N2Si3/c1-25-21-30(34(3,4)5)22-26(2)31(25)33(36-35)32-28(16-19-38(9,10)11)23-27(15-18-37(6,7)8)24-29(32)17-20-39(12,13)14/h21-24H,1-14H3. The van der Waals surface area contributed by atoms with Gasteiger partial charge in [0.1, 0.15) is 24.2 Å². The van der Waals surface area contributed by atoms with Crippen LogP contribution in [0.25, 0.3) is 5.53 Å². The van der Waals surface area contributed by atoms with E-state index in [1.54, 1.807) is 0 Å². The molecule has 0 spiro atoms. The monoisotopic (exact) mass is 566 g/mol. The molecule has 0 aliphatic heterocycles. The Morgan fingerprint density at radius 3 is 1.36 bits per heavy atom. The quantitative estimate of drug-likeness (QED) is 0.115. The highest BCUT2D eigenvalue weighted by atomic mass is 28.3. The SMILES string of the molecule is Cc1cc(C(C)(C)C)cc(C)c1C(=[N+]=[N-])c1c(C#C[Si](C)(C)C)cc(C#C[Si](C)(C)C)cc1C#C[Si](C)(C)C. The zero-order valence-corrected chi connectivity index (χ0v) is 29.7. The van der Waals surface area contributed by atoms with Gasteiger partial charge in [-0.15, -0.1) is 16.6 Å². The van der Waals surface area contributed by atoms with Crippen molar-refractivity contribution in [2.45, 2.75) is 99.0 Å². The summed E-state index contributed by atoms with van der Waals surface area (Å²) in [5.74, 6) is 10.4. The van der Waals surface area contributed by atoms with Gasteiger partial charge in [-0.3, -0.25) is 0 Å². The lowest BCUT2D eigenvalue weighted by molar-refractivity contribution is -0.00290. The van der Waals surface area contributed by atoms with Crippen LogP contribution in [0.3, 0.4) is 0 Å². The Labute approximate surface area is 241 Å². The molecule has 0 unspecified atom stereocenters. The number of aryl methyl sites for hydroxylation is 2. The van der Waals surface area contributed by atoms with E-state index in [1.165, 1.54) is 5.56 Å². The van der Waals surface area contributed by atoms with Gasteiger partial charge in [0.15, 0.2) is 0 Å². The van der Waals surface area contributed by atoms with E-state index in [9.17, 15) is 5.53 Å². The van der Waals surface area contributed by atoms with Crippen molar-refractivity contribution >= 4 is 29.9 Å². The lowest BCUT2D eigenvalue weighted by atomic mass is 9.81. The lowest BCUT2D eigenvalue weighted by Gasteiger charge is -2.21. The first kappa shape index (κ1) is 32.4. The second-order valence-electron chi connectivity index (χ2n) is 14.6. The minimum atomic E-state index is -1.69. The van der Waals surface area contributed by atoms with E-state index in [4.69, 9.17) is 0 Å². The molecule has 0 amide bonds. The van der Waals surface area contributed by atoms with Crippen molar-refractivity contribution in [2.24, 2.45) is 0 Å². The van der Waals surface area contributed by atoms with Gasteiger partial charge < -0.3 is 5.53 Å². The predicted octanol–water partition coefficient (Wildman–Crippen LogP) is 8.35. The summed E-state index contributed by atoms with van der Waals surface area (Å²) in [6.07, 6.45) is 0. The van der Waals surface area contributed by atoms with E-state index in [-0.39, 0.29) is 5.41 Å². The normalized spacial score (nSPS) is 11.7. The molecule has 2 rings (SSSR count). The Morgan fingerprint density at radius 1 is 0.641 bits per heavy atom. The van der Waals surface area contributed by atoms with Crippen LogP contribution in [0.15, 0.2) is 24.3 Å². The van der Waals surface area contributed by atoms with Gasteiger partial charge in [0.05, 0.1) is 11.1 Å². The molecule has 2 aromatic carbocycles. The summed E-state index contributed by atoms with van der Waals surface area (Å²) in [6.45, 7) is 31.0. The van der Waals surface area contributed by atoms with Crippen molar-refractivity contribution in [3.05, 3.63) is 74.3 Å². The molecule has 5 heteroatoms. The molecule has 0 aliphatic carbocycles. The van der Waals surface area contributed by atoms with Crippen molar-refractivity contribution in [3.63, 3.8) is 0 Å². The maximum atomic E-state index is 10.6. The third kappa shape index (κ3) is 9.69. The highest BCUT2D eigenvalue weighted by molar-refractivity contribution is 6.84. The van der Waals surface area contributed by atoms with Gasteiger partial charge in [-0.25, -0.2) is 0 Å². The summed E-state index contributed by atoms with van der Waals surface area (Å²) in [5, 5.41) is 0. The molecule has 0 aromatic heterocycles. The van der Waals surface area contributed by atoms with Crippen LogP contribution in [0, 0.1) is 48.2 Å². The van der Waals surface area contributed by atoms with E-state index < -0.39 is 24.2 Å². The van der Waals surface area contributed by atoms with Gasteiger partial charge in [0.2, 0.25) is 0 Å². The summed E-state index contributed by atoms with van der Waals surface area (Å²) in [6, 6.07) is 8.55. The maximum Gasteiger partial charge on any atom is 0.332 e. The molecule has 0 N–H and O–H groups in total. The topological polar surface area (TPSA) is 36.4 Å². The fourth-order valence-corrected chi connectivity index (χ4v) is 5.47. The summed E-state index contributed by atoms with van der Waals surface area (Å²) >= 11 is 0. The van der Waals surface area contributed by atoms with Crippen molar-refractivity contribution in [3.8, 4) is 34.4 Å². The minimum absolute atomic E-state index is 0.0171. The molecule has 0 atom stereocenters. The molecule has 2 aromatic rings. The molecule has 0 heterocycles. The molecule has 0 saturated heterocycles. The van der Waals surface area contributed by atoms with Gasteiger partial charge in [0.25, 0.3) is 0 Å². The van der Waals surface area contributed by atoms with Crippen LogP contribution < -0.4 is 0 Å². The zero-order valence-electron chi connectivity index (χ0n) is 26.7. The summed E-state index contributed by atoms with van der Waals surface area (Å²) in [7, 11) is -4.97. The Bertz CT molecular complexity index is 1430. The van der Waals surface area contributed by atoms with Crippen LogP contribution in [-0.4, -0.2) is 34.7 Å². The molecule has 0 fully saturated rings. The summed E-state index contributed by atoms with van der Waals surface area (Å²) in [4.78, 5) is 3.94.